The largest absolute Gasteiger partial charge is 0.469 e. The quantitative estimate of drug-likeness (QED) is 0.149. The zero-order chi connectivity index (χ0) is 25.1. The van der Waals surface area contributed by atoms with Gasteiger partial charge < -0.3 is 4.74 Å². The van der Waals surface area contributed by atoms with Crippen LogP contribution in [0.4, 0.5) is 0 Å². The lowest BCUT2D eigenvalue weighted by atomic mass is 9.97. The van der Waals surface area contributed by atoms with Gasteiger partial charge in [0.1, 0.15) is 0 Å². The van der Waals surface area contributed by atoms with Crippen LogP contribution in [0.5, 0.6) is 0 Å². The number of benzene rings is 2. The predicted molar refractivity (Wildman–Crippen MR) is 148 cm³/mol. The van der Waals surface area contributed by atoms with E-state index in [0.717, 1.165) is 19.4 Å². The number of esters is 1. The van der Waals surface area contributed by atoms with Gasteiger partial charge in [-0.2, -0.15) is 0 Å². The Balaban J connectivity index is 1.94. The van der Waals surface area contributed by atoms with Crippen LogP contribution in [0.25, 0.3) is 0 Å². The van der Waals surface area contributed by atoms with Crippen molar-refractivity contribution in [1.29, 1.82) is 0 Å². The first-order chi connectivity index (χ1) is 17.2. The van der Waals surface area contributed by atoms with Gasteiger partial charge in [-0.05, 0) is 24.5 Å². The highest BCUT2D eigenvalue weighted by atomic mass is 16.5. The third-order valence-corrected chi connectivity index (χ3v) is 7.23. The fraction of sp³-hybridized carbons (Fsp3) is 0.594. The Morgan fingerprint density at radius 3 is 1.83 bits per heavy atom. The van der Waals surface area contributed by atoms with Gasteiger partial charge in [0.25, 0.3) is 0 Å². The molecule has 0 aliphatic carbocycles. The summed E-state index contributed by atoms with van der Waals surface area (Å²) >= 11 is 0. The highest BCUT2D eigenvalue weighted by Crippen LogP contribution is 2.29. The molecule has 2 aromatic rings. The predicted octanol–water partition coefficient (Wildman–Crippen LogP) is 8.88. The summed E-state index contributed by atoms with van der Waals surface area (Å²) in [6, 6.07) is 21.7. The second-order valence-corrected chi connectivity index (χ2v) is 10.0. The van der Waals surface area contributed by atoms with Crippen molar-refractivity contribution in [3.63, 3.8) is 0 Å². The SMILES string of the molecule is CCCCCCCCCCCCC[C@H](CC(=O)OC)N(Cc1ccccc1)[C@H](C)c1ccccc1. The lowest BCUT2D eigenvalue weighted by molar-refractivity contribution is -0.142. The van der Waals surface area contributed by atoms with Crippen LogP contribution in [0.3, 0.4) is 0 Å². The monoisotopic (exact) mass is 479 g/mol. The summed E-state index contributed by atoms with van der Waals surface area (Å²) in [7, 11) is 1.50. The third kappa shape index (κ3) is 11.9. The Morgan fingerprint density at radius 1 is 0.771 bits per heavy atom. The van der Waals surface area contributed by atoms with E-state index in [9.17, 15) is 4.79 Å². The summed E-state index contributed by atoms with van der Waals surface area (Å²) in [6.07, 6.45) is 16.2. The molecule has 2 aromatic carbocycles. The van der Waals surface area contributed by atoms with Crippen LogP contribution in [0.1, 0.15) is 114 Å². The van der Waals surface area contributed by atoms with Crippen LogP contribution in [0, 0.1) is 0 Å². The molecule has 2 atom stereocenters. The Hall–Kier alpha value is -2.13. The second kappa shape index (κ2) is 18.2. The summed E-state index contributed by atoms with van der Waals surface area (Å²) in [6.45, 7) is 5.37. The van der Waals surface area contributed by atoms with Gasteiger partial charge in [0.15, 0.2) is 0 Å². The molecule has 3 heteroatoms. The first kappa shape index (κ1) is 29.1. The fourth-order valence-corrected chi connectivity index (χ4v) is 5.00. The van der Waals surface area contributed by atoms with Crippen molar-refractivity contribution < 1.29 is 9.53 Å². The van der Waals surface area contributed by atoms with Gasteiger partial charge in [0, 0.05) is 18.6 Å². The minimum absolute atomic E-state index is 0.114. The summed E-state index contributed by atoms with van der Waals surface area (Å²) in [5, 5.41) is 0. The molecule has 0 aromatic heterocycles. The maximum Gasteiger partial charge on any atom is 0.307 e. The molecular formula is C32H49NO2. The molecule has 2 rings (SSSR count). The van der Waals surface area contributed by atoms with Crippen molar-refractivity contribution in [2.45, 2.75) is 116 Å². The molecule has 0 radical (unpaired) electrons. The topological polar surface area (TPSA) is 29.5 Å². The van der Waals surface area contributed by atoms with E-state index in [-0.39, 0.29) is 18.1 Å². The molecule has 0 amide bonds. The summed E-state index contributed by atoms with van der Waals surface area (Å²) in [5.74, 6) is -0.114. The van der Waals surface area contributed by atoms with E-state index in [1.165, 1.54) is 82.4 Å². The van der Waals surface area contributed by atoms with Crippen molar-refractivity contribution in [1.82, 2.24) is 4.90 Å². The van der Waals surface area contributed by atoms with Gasteiger partial charge >= 0.3 is 5.97 Å². The molecular weight excluding hydrogens is 430 g/mol. The van der Waals surface area contributed by atoms with Crippen LogP contribution in [0.2, 0.25) is 0 Å². The van der Waals surface area contributed by atoms with Crippen LogP contribution >= 0.6 is 0 Å². The number of hydrogen-bond acceptors (Lipinski definition) is 3. The van der Waals surface area contributed by atoms with Crippen LogP contribution < -0.4 is 0 Å². The molecule has 0 heterocycles. The molecule has 0 fully saturated rings. The molecule has 0 N–H and O–H groups in total. The first-order valence-corrected chi connectivity index (χ1v) is 14.1. The minimum Gasteiger partial charge on any atom is -0.469 e. The molecule has 0 unspecified atom stereocenters. The van der Waals surface area contributed by atoms with Gasteiger partial charge in [-0.15, -0.1) is 0 Å². The van der Waals surface area contributed by atoms with Crippen molar-refractivity contribution in [3.05, 3.63) is 71.8 Å². The smallest absolute Gasteiger partial charge is 0.307 e. The van der Waals surface area contributed by atoms with Gasteiger partial charge in [-0.1, -0.05) is 138 Å². The van der Waals surface area contributed by atoms with Gasteiger partial charge in [0.2, 0.25) is 0 Å². The van der Waals surface area contributed by atoms with Crippen LogP contribution in [-0.2, 0) is 16.1 Å². The molecule has 0 aliphatic heterocycles. The molecule has 194 valence electrons. The summed E-state index contributed by atoms with van der Waals surface area (Å²) < 4.78 is 5.11. The number of nitrogens with zero attached hydrogens (tertiary/aromatic N) is 1. The van der Waals surface area contributed by atoms with E-state index in [1.54, 1.807) is 0 Å². The highest BCUT2D eigenvalue weighted by Gasteiger charge is 2.27. The average molecular weight is 480 g/mol. The fourth-order valence-electron chi connectivity index (χ4n) is 5.00. The number of ether oxygens (including phenoxy) is 1. The average Bonchev–Trinajstić information content (AvgIpc) is 2.90. The number of hydrogen-bond donors (Lipinski definition) is 0. The maximum atomic E-state index is 12.4. The normalized spacial score (nSPS) is 13.0. The lowest BCUT2D eigenvalue weighted by Gasteiger charge is -2.37. The number of carbonyl (C=O) groups is 1. The van der Waals surface area contributed by atoms with E-state index >= 15 is 0 Å². The van der Waals surface area contributed by atoms with Crippen molar-refractivity contribution in [2.75, 3.05) is 7.11 Å². The van der Waals surface area contributed by atoms with E-state index < -0.39 is 0 Å². The van der Waals surface area contributed by atoms with Gasteiger partial charge in [-0.3, -0.25) is 9.69 Å². The number of methoxy groups -OCH3 is 1. The Labute approximate surface area is 215 Å². The second-order valence-electron chi connectivity index (χ2n) is 10.0. The molecule has 35 heavy (non-hydrogen) atoms. The molecule has 3 nitrogen and oxygen atoms in total. The van der Waals surface area contributed by atoms with Crippen molar-refractivity contribution >= 4 is 5.97 Å². The number of unbranched alkanes of at least 4 members (excludes halogenated alkanes) is 10. The maximum absolute atomic E-state index is 12.4. The Kier molecular flexibility index (Phi) is 15.1. The summed E-state index contributed by atoms with van der Waals surface area (Å²) in [5.41, 5.74) is 2.57. The van der Waals surface area contributed by atoms with Crippen LogP contribution in [0.15, 0.2) is 60.7 Å². The number of rotatable bonds is 19. The van der Waals surface area contributed by atoms with Crippen molar-refractivity contribution in [2.24, 2.45) is 0 Å². The molecule has 0 spiro atoms. The van der Waals surface area contributed by atoms with Crippen LogP contribution in [-0.4, -0.2) is 24.0 Å². The summed E-state index contributed by atoms with van der Waals surface area (Å²) in [4.78, 5) is 14.9. The highest BCUT2D eigenvalue weighted by molar-refractivity contribution is 5.69. The lowest BCUT2D eigenvalue weighted by Crippen LogP contribution is -2.38. The first-order valence-electron chi connectivity index (χ1n) is 14.1. The third-order valence-electron chi connectivity index (χ3n) is 7.23. The van der Waals surface area contributed by atoms with E-state index in [0.29, 0.717) is 6.42 Å². The zero-order valence-corrected chi connectivity index (χ0v) is 22.6. The Morgan fingerprint density at radius 2 is 1.29 bits per heavy atom. The molecule has 0 saturated carbocycles. The molecule has 0 aliphatic rings. The zero-order valence-electron chi connectivity index (χ0n) is 22.6. The molecule has 0 bridgehead atoms. The standard InChI is InChI=1S/C32H49NO2/c1-4-5-6-7-8-9-10-11-12-13-20-25-31(26-32(34)35-3)33(27-29-21-16-14-17-22-29)28(2)30-23-18-15-19-24-30/h14-19,21-24,28,31H,4-13,20,25-27H2,1-3H3/t28-,31-/m1/s1. The van der Waals surface area contributed by atoms with Gasteiger partial charge in [0.05, 0.1) is 13.5 Å². The van der Waals surface area contributed by atoms with E-state index in [2.05, 4.69) is 79.4 Å². The molecule has 0 saturated heterocycles. The van der Waals surface area contributed by atoms with Gasteiger partial charge in [-0.25, -0.2) is 0 Å². The van der Waals surface area contributed by atoms with E-state index in [1.807, 2.05) is 0 Å². The Bertz CT molecular complexity index is 777. The number of carbonyl (C=O) groups excluding carboxylic acids is 1. The van der Waals surface area contributed by atoms with Crippen molar-refractivity contribution in [3.8, 4) is 0 Å². The van der Waals surface area contributed by atoms with E-state index in [4.69, 9.17) is 4.74 Å². The minimum atomic E-state index is -0.114.